The number of halogens is 4. The molecule has 0 bridgehead atoms. The molecule has 0 aromatic heterocycles. The van der Waals surface area contributed by atoms with Crippen molar-refractivity contribution in [2.24, 2.45) is 28.5 Å². The van der Waals surface area contributed by atoms with Crippen LogP contribution in [0.25, 0.3) is 0 Å². The molecule has 0 radical (unpaired) electrons. The third kappa shape index (κ3) is 11.0. The highest BCUT2D eigenvalue weighted by Crippen LogP contribution is 2.40. The fourth-order valence-corrected chi connectivity index (χ4v) is 6.57. The van der Waals surface area contributed by atoms with Crippen molar-refractivity contribution in [1.82, 2.24) is 5.32 Å². The predicted molar refractivity (Wildman–Crippen MR) is 185 cm³/mol. The summed E-state index contributed by atoms with van der Waals surface area (Å²) in [6.07, 6.45) is -7.11. The van der Waals surface area contributed by atoms with E-state index < -0.39 is 81.1 Å². The summed E-state index contributed by atoms with van der Waals surface area (Å²) in [6.45, 7) is -0.866. The molecule has 5 N–H and O–H groups in total. The fourth-order valence-electron chi connectivity index (χ4n) is 6.17. The zero-order valence-electron chi connectivity index (χ0n) is 28.6. The molecule has 1 heterocycles. The maximum Gasteiger partial charge on any atom is 0.524 e. The van der Waals surface area contributed by atoms with E-state index in [2.05, 4.69) is 14.8 Å². The molecule has 0 spiro atoms. The summed E-state index contributed by atoms with van der Waals surface area (Å²) in [4.78, 5) is 77.1. The Bertz CT molecular complexity index is 1940. The third-order valence-electron chi connectivity index (χ3n) is 8.89. The summed E-state index contributed by atoms with van der Waals surface area (Å²) in [5, 5.41) is 2.48. The van der Waals surface area contributed by atoms with Gasteiger partial charge < -0.3 is 20.3 Å². The molecule has 1 aliphatic heterocycles. The van der Waals surface area contributed by atoms with Gasteiger partial charge in [0.25, 0.3) is 5.91 Å². The van der Waals surface area contributed by atoms with E-state index in [0.717, 1.165) is 23.8 Å². The quantitative estimate of drug-likeness (QED) is 0.0887. The highest BCUT2D eigenvalue weighted by atomic mass is 31.2. The number of rotatable bonds is 16. The standard InChI is InChI=1S/C36H37F4N4O9P/c37-28-10-4-8-26-30(23-6-2-1-3-7-23)42-33(43-34(47)25(9-5-17-36(38,39)40)27(32(41)46)18-21-11-12-21)35(48)44(31(26)28)20-52-29(45)19-22-13-15-24(16-14-22)53-54(49,50)51/h1-4,6-8,10,13-16,21,25,27,33H,5,9,11-12,17-20H2,(H2,41,46)(H,43,47)(H2,49,50,51). The Morgan fingerprint density at radius 3 is 2.30 bits per heavy atom. The Morgan fingerprint density at radius 1 is 1.00 bits per heavy atom. The molecule has 3 aromatic rings. The molecule has 3 amide bonds. The molecule has 2 aliphatic rings. The lowest BCUT2D eigenvalue weighted by Gasteiger charge is -2.28. The van der Waals surface area contributed by atoms with Crippen LogP contribution in [0.4, 0.5) is 23.2 Å². The largest absolute Gasteiger partial charge is 0.524 e. The van der Waals surface area contributed by atoms with E-state index >= 15 is 4.39 Å². The van der Waals surface area contributed by atoms with Gasteiger partial charge in [-0.3, -0.25) is 33.9 Å². The number of benzene rings is 3. The number of phosphoric ester groups is 1. The molecule has 3 unspecified atom stereocenters. The molecular weight excluding hydrogens is 739 g/mol. The van der Waals surface area contributed by atoms with Crippen LogP contribution in [0.2, 0.25) is 0 Å². The lowest BCUT2D eigenvalue weighted by Crippen LogP contribution is -2.51. The van der Waals surface area contributed by atoms with Crippen LogP contribution < -0.4 is 20.5 Å². The average molecular weight is 777 g/mol. The summed E-state index contributed by atoms with van der Waals surface area (Å²) in [7, 11) is -4.82. The van der Waals surface area contributed by atoms with Gasteiger partial charge in [-0.1, -0.05) is 67.4 Å². The number of nitrogens with two attached hydrogens (primary N) is 1. The summed E-state index contributed by atoms with van der Waals surface area (Å²) >= 11 is 0. The zero-order valence-corrected chi connectivity index (χ0v) is 29.5. The van der Waals surface area contributed by atoms with Gasteiger partial charge in [0.2, 0.25) is 18.0 Å². The van der Waals surface area contributed by atoms with Crippen molar-refractivity contribution in [3.63, 3.8) is 0 Å². The molecule has 0 saturated heterocycles. The first kappa shape index (κ1) is 40.1. The predicted octanol–water partition coefficient (Wildman–Crippen LogP) is 4.92. The summed E-state index contributed by atoms with van der Waals surface area (Å²) in [5.41, 5.74) is 6.23. The van der Waals surface area contributed by atoms with Gasteiger partial charge in [-0.2, -0.15) is 13.2 Å². The van der Waals surface area contributed by atoms with Gasteiger partial charge in [-0.15, -0.1) is 0 Å². The monoisotopic (exact) mass is 776 g/mol. The molecular formula is C36H37F4N4O9P. The van der Waals surface area contributed by atoms with Crippen LogP contribution in [0.3, 0.4) is 0 Å². The number of ether oxygens (including phenoxy) is 1. The number of esters is 1. The molecule has 1 saturated carbocycles. The second kappa shape index (κ2) is 16.9. The third-order valence-corrected chi connectivity index (χ3v) is 9.34. The molecule has 1 aliphatic carbocycles. The average Bonchev–Trinajstić information content (AvgIpc) is 3.93. The Balaban J connectivity index is 1.45. The minimum absolute atomic E-state index is 0.0632. The number of hydrogen-bond donors (Lipinski definition) is 4. The minimum atomic E-state index is -4.82. The van der Waals surface area contributed by atoms with Gasteiger partial charge in [-0.05, 0) is 48.9 Å². The van der Waals surface area contributed by atoms with E-state index in [1.165, 1.54) is 36.4 Å². The maximum absolute atomic E-state index is 15.8. The second-order valence-corrected chi connectivity index (χ2v) is 14.2. The molecule has 13 nitrogen and oxygen atoms in total. The molecule has 3 atom stereocenters. The van der Waals surface area contributed by atoms with Crippen molar-refractivity contribution in [1.29, 1.82) is 0 Å². The number of hydrogen-bond acceptors (Lipinski definition) is 8. The highest BCUT2D eigenvalue weighted by molar-refractivity contribution is 7.46. The van der Waals surface area contributed by atoms with Crippen LogP contribution in [-0.4, -0.2) is 58.3 Å². The summed E-state index contributed by atoms with van der Waals surface area (Å²) < 4.78 is 76.2. The Labute approximate surface area is 306 Å². The lowest BCUT2D eigenvalue weighted by atomic mass is 9.82. The number of benzodiazepines with no additional fused rings is 1. The number of nitrogens with one attached hydrogen (secondary N) is 1. The minimum Gasteiger partial charge on any atom is -0.444 e. The smallest absolute Gasteiger partial charge is 0.444 e. The van der Waals surface area contributed by atoms with E-state index in [-0.39, 0.29) is 47.9 Å². The van der Waals surface area contributed by atoms with Crippen molar-refractivity contribution in [3.05, 3.63) is 95.3 Å². The van der Waals surface area contributed by atoms with Crippen LogP contribution in [0.15, 0.2) is 77.8 Å². The van der Waals surface area contributed by atoms with Crippen LogP contribution in [0, 0.1) is 23.6 Å². The summed E-state index contributed by atoms with van der Waals surface area (Å²) in [6, 6.07) is 17.3. The number of fused-ring (bicyclic) bond motifs is 1. The molecule has 3 aromatic carbocycles. The highest BCUT2D eigenvalue weighted by Gasteiger charge is 2.41. The topological polar surface area (TPSA) is 198 Å². The zero-order chi connectivity index (χ0) is 39.2. The van der Waals surface area contributed by atoms with Crippen LogP contribution >= 0.6 is 7.82 Å². The van der Waals surface area contributed by atoms with Gasteiger partial charge >= 0.3 is 20.0 Å². The molecule has 54 heavy (non-hydrogen) atoms. The van der Waals surface area contributed by atoms with Gasteiger partial charge in [0.05, 0.1) is 17.8 Å². The molecule has 18 heteroatoms. The van der Waals surface area contributed by atoms with Crippen molar-refractivity contribution < 1.29 is 60.4 Å². The van der Waals surface area contributed by atoms with Gasteiger partial charge in [0, 0.05) is 29.4 Å². The van der Waals surface area contributed by atoms with E-state index in [1.807, 2.05) is 0 Å². The second-order valence-electron chi connectivity index (χ2n) is 13.0. The number of phosphoric acid groups is 1. The van der Waals surface area contributed by atoms with Crippen LogP contribution in [-0.2, 0) is 34.9 Å². The van der Waals surface area contributed by atoms with Gasteiger partial charge in [0.15, 0.2) is 6.73 Å². The first-order valence-electron chi connectivity index (χ1n) is 16.9. The number of anilines is 1. The van der Waals surface area contributed by atoms with Crippen molar-refractivity contribution in [3.8, 4) is 5.75 Å². The Kier molecular flexibility index (Phi) is 12.6. The molecule has 1 fully saturated rings. The number of carbonyl (C=O) groups is 4. The van der Waals surface area contributed by atoms with E-state index in [0.29, 0.717) is 11.1 Å². The number of para-hydroxylation sites is 1. The van der Waals surface area contributed by atoms with Crippen molar-refractivity contribution in [2.75, 3.05) is 11.6 Å². The number of aliphatic imine (C=N–C) groups is 1. The van der Waals surface area contributed by atoms with E-state index in [4.69, 9.17) is 20.3 Å². The Hall–Kier alpha value is -5.12. The lowest BCUT2D eigenvalue weighted by molar-refractivity contribution is -0.143. The normalized spacial score (nSPS) is 17.1. The van der Waals surface area contributed by atoms with Gasteiger partial charge in [0.1, 0.15) is 11.6 Å². The first-order valence-corrected chi connectivity index (χ1v) is 18.4. The number of primary amides is 1. The van der Waals surface area contributed by atoms with E-state index in [1.54, 1.807) is 30.3 Å². The summed E-state index contributed by atoms with van der Waals surface area (Å²) in [5.74, 6) is -7.26. The van der Waals surface area contributed by atoms with Crippen molar-refractivity contribution in [2.45, 2.75) is 57.3 Å². The fraction of sp³-hybridized carbons (Fsp3) is 0.361. The SMILES string of the molecule is NC(=O)C(CC1CC1)C(CCCC(F)(F)F)C(=O)NC1N=C(c2ccccc2)c2cccc(F)c2N(COC(=O)Cc2ccc(OP(=O)(O)O)cc2)C1=O. The number of alkyl halides is 3. The van der Waals surface area contributed by atoms with Crippen molar-refractivity contribution >= 4 is 42.9 Å². The molecule has 5 rings (SSSR count). The number of carbonyl (C=O) groups excluding carboxylic acids is 4. The Morgan fingerprint density at radius 2 is 1.69 bits per heavy atom. The van der Waals surface area contributed by atoms with Crippen LogP contribution in [0.5, 0.6) is 5.75 Å². The molecule has 288 valence electrons. The maximum atomic E-state index is 15.8. The number of nitrogens with zero attached hydrogens (tertiary/aromatic N) is 2. The van der Waals surface area contributed by atoms with Gasteiger partial charge in [-0.25, -0.2) is 13.9 Å². The van der Waals surface area contributed by atoms with E-state index in [9.17, 15) is 36.9 Å². The first-order chi connectivity index (χ1) is 25.5. The number of amides is 3. The van der Waals surface area contributed by atoms with Crippen LogP contribution in [0.1, 0.15) is 55.2 Å².